The summed E-state index contributed by atoms with van der Waals surface area (Å²) in [5.74, 6) is -1.73. The highest BCUT2D eigenvalue weighted by Crippen LogP contribution is 2.27. The third kappa shape index (κ3) is 4.80. The molecule has 2 aromatic carbocycles. The van der Waals surface area contributed by atoms with Gasteiger partial charge in [-0.25, -0.2) is 4.39 Å². The van der Waals surface area contributed by atoms with Gasteiger partial charge in [0.1, 0.15) is 22.9 Å². The van der Waals surface area contributed by atoms with Gasteiger partial charge in [-0.1, -0.05) is 24.3 Å². The SMILES string of the molecule is Cc1ccc(NC(=O)/C(C#N)=C\c2c(Oc3ccccc3F)nc3c(C)cccn3c2=O)cc1C. The van der Waals surface area contributed by atoms with Crippen LogP contribution in [0.15, 0.2) is 71.2 Å². The summed E-state index contributed by atoms with van der Waals surface area (Å²) in [6.45, 7) is 5.62. The van der Waals surface area contributed by atoms with Crippen molar-refractivity contribution in [3.05, 3.63) is 105 Å². The number of carbonyl (C=O) groups is 1. The second-order valence-corrected chi connectivity index (χ2v) is 7.98. The van der Waals surface area contributed by atoms with Crippen LogP contribution in [-0.2, 0) is 4.79 Å². The maximum Gasteiger partial charge on any atom is 0.269 e. The number of halogens is 1. The van der Waals surface area contributed by atoms with Crippen LogP contribution < -0.4 is 15.6 Å². The number of nitriles is 1. The Morgan fingerprint density at radius 2 is 1.86 bits per heavy atom. The molecule has 2 heterocycles. The number of benzene rings is 2. The Morgan fingerprint density at radius 3 is 2.57 bits per heavy atom. The number of aromatic nitrogens is 2. The number of nitrogens with zero attached hydrogens (tertiary/aromatic N) is 3. The Kier molecular flexibility index (Phi) is 6.42. The maximum atomic E-state index is 14.3. The number of rotatable bonds is 5. The molecule has 0 atom stereocenters. The lowest BCUT2D eigenvalue weighted by atomic mass is 10.1. The number of carbonyl (C=O) groups excluding carboxylic acids is 1. The van der Waals surface area contributed by atoms with Gasteiger partial charge < -0.3 is 10.1 Å². The smallest absolute Gasteiger partial charge is 0.269 e. The number of anilines is 1. The molecule has 4 rings (SSSR count). The predicted molar refractivity (Wildman–Crippen MR) is 131 cm³/mol. The van der Waals surface area contributed by atoms with E-state index in [0.29, 0.717) is 16.9 Å². The monoisotopic (exact) mass is 468 g/mol. The van der Waals surface area contributed by atoms with Gasteiger partial charge in [-0.15, -0.1) is 0 Å². The number of fused-ring (bicyclic) bond motifs is 1. The topological polar surface area (TPSA) is 96.5 Å². The van der Waals surface area contributed by atoms with Crippen LogP contribution in [0.2, 0.25) is 0 Å². The third-order valence-corrected chi connectivity index (χ3v) is 5.51. The fourth-order valence-electron chi connectivity index (χ4n) is 3.44. The van der Waals surface area contributed by atoms with E-state index < -0.39 is 17.3 Å². The second-order valence-electron chi connectivity index (χ2n) is 7.98. The predicted octanol–water partition coefficient (Wildman–Crippen LogP) is 5.10. The normalized spacial score (nSPS) is 11.2. The lowest BCUT2D eigenvalue weighted by molar-refractivity contribution is -0.112. The first-order valence-corrected chi connectivity index (χ1v) is 10.7. The third-order valence-electron chi connectivity index (χ3n) is 5.51. The van der Waals surface area contributed by atoms with Crippen LogP contribution in [0.25, 0.3) is 11.7 Å². The highest BCUT2D eigenvalue weighted by atomic mass is 19.1. The van der Waals surface area contributed by atoms with Gasteiger partial charge in [0.15, 0.2) is 11.6 Å². The molecule has 1 amide bonds. The molecular formula is C27H21FN4O3. The molecule has 0 aliphatic rings. The summed E-state index contributed by atoms with van der Waals surface area (Å²) in [6.07, 6.45) is 2.62. The Bertz CT molecular complexity index is 1600. The summed E-state index contributed by atoms with van der Waals surface area (Å²) in [5, 5.41) is 12.4. The first kappa shape index (κ1) is 23.4. The van der Waals surface area contributed by atoms with E-state index in [1.54, 1.807) is 37.3 Å². The molecule has 0 saturated heterocycles. The molecule has 4 aromatic rings. The van der Waals surface area contributed by atoms with Crippen LogP contribution in [0.4, 0.5) is 10.1 Å². The first-order chi connectivity index (χ1) is 16.8. The van der Waals surface area contributed by atoms with E-state index in [-0.39, 0.29) is 22.8 Å². The summed E-state index contributed by atoms with van der Waals surface area (Å²) >= 11 is 0. The van der Waals surface area contributed by atoms with Crippen molar-refractivity contribution in [2.45, 2.75) is 20.8 Å². The Labute approximate surface area is 200 Å². The van der Waals surface area contributed by atoms with E-state index in [0.717, 1.165) is 17.2 Å². The van der Waals surface area contributed by atoms with Gasteiger partial charge >= 0.3 is 0 Å². The van der Waals surface area contributed by atoms with Gasteiger partial charge in [-0.3, -0.25) is 14.0 Å². The number of aryl methyl sites for hydroxylation is 3. The quantitative estimate of drug-likeness (QED) is 0.325. The van der Waals surface area contributed by atoms with Gasteiger partial charge in [0.2, 0.25) is 5.88 Å². The number of nitrogens with one attached hydrogen (secondary N) is 1. The molecule has 8 heteroatoms. The van der Waals surface area contributed by atoms with Crippen molar-refractivity contribution in [3.63, 3.8) is 0 Å². The minimum absolute atomic E-state index is 0.148. The van der Waals surface area contributed by atoms with Crippen LogP contribution in [0, 0.1) is 37.9 Å². The van der Waals surface area contributed by atoms with E-state index in [9.17, 15) is 19.2 Å². The molecule has 2 aromatic heterocycles. The number of amides is 1. The van der Waals surface area contributed by atoms with Gasteiger partial charge in [0, 0.05) is 11.9 Å². The van der Waals surface area contributed by atoms with Crippen molar-refractivity contribution in [2.75, 3.05) is 5.32 Å². The lowest BCUT2D eigenvalue weighted by Crippen LogP contribution is -2.21. The molecule has 0 bridgehead atoms. The van der Waals surface area contributed by atoms with Crippen LogP contribution >= 0.6 is 0 Å². The second kappa shape index (κ2) is 9.61. The Hall–Kier alpha value is -4.77. The van der Waals surface area contributed by atoms with Gasteiger partial charge in [-0.2, -0.15) is 10.2 Å². The lowest BCUT2D eigenvalue weighted by Gasteiger charge is -2.12. The fraction of sp³-hybridized carbons (Fsp3) is 0.111. The molecule has 0 unspecified atom stereocenters. The highest BCUT2D eigenvalue weighted by Gasteiger charge is 2.19. The minimum atomic E-state index is -0.707. The zero-order valence-corrected chi connectivity index (χ0v) is 19.3. The summed E-state index contributed by atoms with van der Waals surface area (Å²) < 4.78 is 21.2. The van der Waals surface area contributed by atoms with Crippen LogP contribution in [0.5, 0.6) is 11.6 Å². The van der Waals surface area contributed by atoms with Crippen molar-refractivity contribution < 1.29 is 13.9 Å². The molecule has 0 radical (unpaired) electrons. The van der Waals surface area contributed by atoms with Crippen LogP contribution in [0.1, 0.15) is 22.3 Å². The van der Waals surface area contributed by atoms with Crippen LogP contribution in [-0.4, -0.2) is 15.3 Å². The van der Waals surface area contributed by atoms with E-state index in [1.807, 2.05) is 26.0 Å². The number of hydrogen-bond acceptors (Lipinski definition) is 5. The first-order valence-electron chi connectivity index (χ1n) is 10.7. The Balaban J connectivity index is 1.83. The maximum absolute atomic E-state index is 14.3. The zero-order chi connectivity index (χ0) is 25.1. The zero-order valence-electron chi connectivity index (χ0n) is 19.3. The van der Waals surface area contributed by atoms with Crippen molar-refractivity contribution >= 4 is 23.3 Å². The number of ether oxygens (including phenoxy) is 1. The van der Waals surface area contributed by atoms with Gasteiger partial charge in [0.25, 0.3) is 11.5 Å². The molecule has 7 nitrogen and oxygen atoms in total. The fourth-order valence-corrected chi connectivity index (χ4v) is 3.44. The molecule has 0 aliphatic carbocycles. The van der Waals surface area contributed by atoms with Gasteiger partial charge in [-0.05, 0) is 73.9 Å². The minimum Gasteiger partial charge on any atom is -0.435 e. The Morgan fingerprint density at radius 1 is 1.09 bits per heavy atom. The molecule has 0 spiro atoms. The van der Waals surface area contributed by atoms with Crippen molar-refractivity contribution in [2.24, 2.45) is 0 Å². The summed E-state index contributed by atoms with van der Waals surface area (Å²) in [6, 6.07) is 16.3. The number of hydrogen-bond donors (Lipinski definition) is 1. The van der Waals surface area contributed by atoms with Gasteiger partial charge in [0.05, 0.1) is 0 Å². The molecule has 35 heavy (non-hydrogen) atoms. The molecule has 0 saturated carbocycles. The van der Waals surface area contributed by atoms with E-state index >= 15 is 0 Å². The van der Waals surface area contributed by atoms with Crippen molar-refractivity contribution in [3.8, 4) is 17.7 Å². The summed E-state index contributed by atoms with van der Waals surface area (Å²) in [5.41, 5.74) is 2.45. The van der Waals surface area contributed by atoms with E-state index in [2.05, 4.69) is 10.3 Å². The largest absolute Gasteiger partial charge is 0.435 e. The average Bonchev–Trinajstić information content (AvgIpc) is 2.83. The molecular weight excluding hydrogens is 447 g/mol. The van der Waals surface area contributed by atoms with E-state index in [4.69, 9.17) is 4.74 Å². The number of para-hydroxylation sites is 1. The molecule has 174 valence electrons. The molecule has 0 fully saturated rings. The van der Waals surface area contributed by atoms with E-state index in [1.165, 1.54) is 28.8 Å². The van der Waals surface area contributed by atoms with Crippen molar-refractivity contribution in [1.29, 1.82) is 5.26 Å². The highest BCUT2D eigenvalue weighted by molar-refractivity contribution is 6.09. The standard InChI is InChI=1S/C27H21FN4O3/c1-16-10-11-20(13-18(16)3)30-25(33)19(15-29)14-21-26(35-23-9-5-4-8-22(23)28)31-24-17(2)7-6-12-32(24)27(21)34/h4-14H,1-3H3,(H,30,33)/b19-14-. The van der Waals surface area contributed by atoms with Crippen molar-refractivity contribution in [1.82, 2.24) is 9.38 Å². The summed E-state index contributed by atoms with van der Waals surface area (Å²) in [7, 11) is 0. The van der Waals surface area contributed by atoms with Crippen LogP contribution in [0.3, 0.4) is 0 Å². The molecule has 1 N–H and O–H groups in total. The molecule has 0 aliphatic heterocycles. The average molecular weight is 468 g/mol. The number of pyridine rings is 1. The summed E-state index contributed by atoms with van der Waals surface area (Å²) in [4.78, 5) is 30.6.